The minimum atomic E-state index is 0.260. The number of aryl methyl sites for hydroxylation is 1. The van der Waals surface area contributed by atoms with Crippen LogP contribution in [0.5, 0.6) is 0 Å². The molecule has 0 saturated carbocycles. The van der Waals surface area contributed by atoms with Crippen molar-refractivity contribution in [3.63, 3.8) is 0 Å². The first kappa shape index (κ1) is 7.23. The van der Waals surface area contributed by atoms with Gasteiger partial charge in [0, 0.05) is 13.2 Å². The van der Waals surface area contributed by atoms with Crippen molar-refractivity contribution in [3.05, 3.63) is 17.4 Å². The number of rotatable bonds is 1. The van der Waals surface area contributed by atoms with Gasteiger partial charge in [-0.2, -0.15) is 0 Å². The van der Waals surface area contributed by atoms with Crippen molar-refractivity contribution in [1.29, 1.82) is 0 Å². The van der Waals surface area contributed by atoms with Gasteiger partial charge in [-0.05, 0) is 12.2 Å². The Hall–Kier alpha value is -1.43. The molecule has 0 radical (unpaired) electrons. The average molecular weight is 182 g/mol. The first-order chi connectivity index (χ1) is 5.75. The van der Waals surface area contributed by atoms with Crippen LogP contribution in [0.2, 0.25) is 0 Å². The quantitative estimate of drug-likeness (QED) is 0.672. The second-order valence-electron chi connectivity index (χ2n) is 2.34. The summed E-state index contributed by atoms with van der Waals surface area (Å²) in [4.78, 5) is 4.30. The molecule has 0 bridgehead atoms. The highest BCUT2D eigenvalue weighted by Crippen LogP contribution is 2.12. The number of aromatic nitrogens is 4. The van der Waals surface area contributed by atoms with Crippen LogP contribution >= 0.6 is 12.2 Å². The molecule has 0 atom stereocenters. The zero-order valence-electron chi connectivity index (χ0n) is 6.31. The standard InChI is InChI=1S/C6H6N4OS/c1-10-2-4(7-3-10)5-8-9-6(12)11-5/h2-3H,1H3,(H,9,12). The predicted molar refractivity (Wildman–Crippen MR) is 43.9 cm³/mol. The molecule has 12 heavy (non-hydrogen) atoms. The van der Waals surface area contributed by atoms with Gasteiger partial charge in [0.05, 0.1) is 6.33 Å². The van der Waals surface area contributed by atoms with Crippen molar-refractivity contribution in [2.45, 2.75) is 0 Å². The Kier molecular flexibility index (Phi) is 1.54. The summed E-state index contributed by atoms with van der Waals surface area (Å²) in [6, 6.07) is 0. The lowest BCUT2D eigenvalue weighted by molar-refractivity contribution is 0.550. The third-order valence-corrected chi connectivity index (χ3v) is 1.54. The number of nitrogens with zero attached hydrogens (tertiary/aromatic N) is 3. The lowest BCUT2D eigenvalue weighted by Crippen LogP contribution is -1.78. The van der Waals surface area contributed by atoms with E-state index in [1.54, 1.807) is 12.5 Å². The molecule has 0 unspecified atom stereocenters. The van der Waals surface area contributed by atoms with E-state index in [-0.39, 0.29) is 4.84 Å². The van der Waals surface area contributed by atoms with Gasteiger partial charge in [0.2, 0.25) is 0 Å². The lowest BCUT2D eigenvalue weighted by atomic mass is 10.5. The number of hydrogen-bond acceptors (Lipinski definition) is 4. The Morgan fingerprint density at radius 1 is 1.67 bits per heavy atom. The molecule has 0 aliphatic carbocycles. The average Bonchev–Trinajstić information content (AvgIpc) is 2.58. The first-order valence-electron chi connectivity index (χ1n) is 3.29. The summed E-state index contributed by atoms with van der Waals surface area (Å²) in [5.74, 6) is 0.417. The van der Waals surface area contributed by atoms with E-state index in [0.29, 0.717) is 11.6 Å². The topological polar surface area (TPSA) is 59.6 Å². The number of imidazole rings is 1. The zero-order valence-corrected chi connectivity index (χ0v) is 7.13. The fourth-order valence-electron chi connectivity index (χ4n) is 0.863. The van der Waals surface area contributed by atoms with Crippen LogP contribution in [-0.2, 0) is 7.05 Å². The predicted octanol–water partition coefficient (Wildman–Crippen LogP) is 1.13. The number of hydrogen-bond donors (Lipinski definition) is 1. The molecule has 0 aliphatic heterocycles. The Morgan fingerprint density at radius 2 is 2.50 bits per heavy atom. The van der Waals surface area contributed by atoms with Crippen molar-refractivity contribution in [2.75, 3.05) is 0 Å². The highest BCUT2D eigenvalue weighted by atomic mass is 32.1. The maximum absolute atomic E-state index is 5.06. The van der Waals surface area contributed by atoms with Crippen LogP contribution in [0.3, 0.4) is 0 Å². The third-order valence-electron chi connectivity index (χ3n) is 1.36. The first-order valence-corrected chi connectivity index (χ1v) is 3.70. The molecule has 0 spiro atoms. The highest BCUT2D eigenvalue weighted by Gasteiger charge is 2.05. The molecule has 2 aromatic heterocycles. The normalized spacial score (nSPS) is 10.4. The molecule has 0 aromatic carbocycles. The van der Waals surface area contributed by atoms with Crippen LogP contribution in [0.4, 0.5) is 0 Å². The van der Waals surface area contributed by atoms with Gasteiger partial charge in [0.25, 0.3) is 10.7 Å². The second-order valence-corrected chi connectivity index (χ2v) is 2.71. The van der Waals surface area contributed by atoms with E-state index in [1.165, 1.54) is 0 Å². The van der Waals surface area contributed by atoms with Crippen LogP contribution in [0, 0.1) is 4.84 Å². The Labute approximate surface area is 73.1 Å². The van der Waals surface area contributed by atoms with Gasteiger partial charge in [-0.15, -0.1) is 5.10 Å². The van der Waals surface area contributed by atoms with E-state index in [0.717, 1.165) is 0 Å². The van der Waals surface area contributed by atoms with Crippen molar-refractivity contribution in [2.24, 2.45) is 7.05 Å². The van der Waals surface area contributed by atoms with Gasteiger partial charge in [-0.1, -0.05) is 0 Å². The van der Waals surface area contributed by atoms with Gasteiger partial charge in [-0.3, -0.25) is 0 Å². The molecule has 2 rings (SSSR count). The Balaban J connectivity index is 2.50. The van der Waals surface area contributed by atoms with Crippen molar-refractivity contribution in [1.82, 2.24) is 19.7 Å². The van der Waals surface area contributed by atoms with Gasteiger partial charge in [-0.25, -0.2) is 10.1 Å². The maximum Gasteiger partial charge on any atom is 0.284 e. The fourth-order valence-corrected chi connectivity index (χ4v) is 0.987. The molecule has 1 N–H and O–H groups in total. The molecule has 2 heterocycles. The summed E-state index contributed by atoms with van der Waals surface area (Å²) < 4.78 is 6.86. The van der Waals surface area contributed by atoms with Gasteiger partial charge < -0.3 is 8.98 Å². The maximum atomic E-state index is 5.06. The molecule has 0 saturated heterocycles. The zero-order chi connectivity index (χ0) is 8.55. The van der Waals surface area contributed by atoms with E-state index in [4.69, 9.17) is 16.6 Å². The van der Waals surface area contributed by atoms with Crippen molar-refractivity contribution in [3.8, 4) is 11.6 Å². The van der Waals surface area contributed by atoms with E-state index >= 15 is 0 Å². The van der Waals surface area contributed by atoms with Gasteiger partial charge >= 0.3 is 0 Å². The van der Waals surface area contributed by atoms with Crippen LogP contribution in [0.1, 0.15) is 0 Å². The molecule has 6 heteroatoms. The smallest absolute Gasteiger partial charge is 0.284 e. The van der Waals surface area contributed by atoms with Crippen LogP contribution in [0.15, 0.2) is 16.9 Å². The fraction of sp³-hybridized carbons (Fsp3) is 0.167. The number of aromatic amines is 1. The third kappa shape index (κ3) is 1.16. The van der Waals surface area contributed by atoms with Crippen molar-refractivity contribution < 1.29 is 4.42 Å². The second kappa shape index (κ2) is 2.56. The molecule has 0 amide bonds. The van der Waals surface area contributed by atoms with E-state index in [1.807, 2.05) is 11.6 Å². The molecular formula is C6H6N4OS. The molecule has 62 valence electrons. The lowest BCUT2D eigenvalue weighted by Gasteiger charge is -1.82. The molecular weight excluding hydrogens is 176 g/mol. The summed E-state index contributed by atoms with van der Waals surface area (Å²) >= 11 is 4.72. The van der Waals surface area contributed by atoms with Crippen molar-refractivity contribution >= 4 is 12.2 Å². The minimum Gasteiger partial charge on any atom is -0.408 e. The SMILES string of the molecule is Cn1cnc(-c2n[nH]c(=S)o2)c1. The van der Waals surface area contributed by atoms with E-state index < -0.39 is 0 Å². The van der Waals surface area contributed by atoms with E-state index in [9.17, 15) is 0 Å². The highest BCUT2D eigenvalue weighted by molar-refractivity contribution is 7.71. The van der Waals surface area contributed by atoms with Gasteiger partial charge in [0.1, 0.15) is 5.69 Å². The summed E-state index contributed by atoms with van der Waals surface area (Å²) in [5, 5.41) is 6.35. The summed E-state index contributed by atoms with van der Waals surface area (Å²) in [6.07, 6.45) is 3.47. The molecule has 0 fully saturated rings. The Bertz CT molecular complexity index is 440. The van der Waals surface area contributed by atoms with E-state index in [2.05, 4.69) is 15.2 Å². The van der Waals surface area contributed by atoms with Crippen LogP contribution < -0.4 is 0 Å². The Morgan fingerprint density at radius 3 is 3.00 bits per heavy atom. The summed E-state index contributed by atoms with van der Waals surface area (Å²) in [6.45, 7) is 0. The van der Waals surface area contributed by atoms with Crippen LogP contribution in [0.25, 0.3) is 11.6 Å². The minimum absolute atomic E-state index is 0.260. The largest absolute Gasteiger partial charge is 0.408 e. The van der Waals surface area contributed by atoms with Gasteiger partial charge in [0.15, 0.2) is 0 Å². The van der Waals surface area contributed by atoms with Crippen LogP contribution in [-0.4, -0.2) is 19.7 Å². The number of H-pyrrole nitrogens is 1. The molecule has 0 aliphatic rings. The number of nitrogens with one attached hydrogen (secondary N) is 1. The monoisotopic (exact) mass is 182 g/mol. The molecule has 5 nitrogen and oxygen atoms in total. The summed E-state index contributed by atoms with van der Waals surface area (Å²) in [5.41, 5.74) is 0.671. The molecule has 2 aromatic rings. The summed E-state index contributed by atoms with van der Waals surface area (Å²) in [7, 11) is 1.87.